The van der Waals surface area contributed by atoms with E-state index in [4.69, 9.17) is 22.3 Å². The third-order valence-corrected chi connectivity index (χ3v) is 1.28. The second-order valence-corrected chi connectivity index (χ2v) is 2.39. The van der Waals surface area contributed by atoms with Crippen LogP contribution < -0.4 is 23.4 Å². The summed E-state index contributed by atoms with van der Waals surface area (Å²) in [5.74, 6) is -0.987. The Morgan fingerprint density at radius 3 is 2.29 bits per heavy atom. The molecule has 0 amide bonds. The first kappa shape index (κ1) is 18.7. The van der Waals surface area contributed by atoms with Crippen molar-refractivity contribution in [3.63, 3.8) is 0 Å². The Morgan fingerprint density at radius 2 is 1.93 bits per heavy atom. The van der Waals surface area contributed by atoms with E-state index in [0.29, 0.717) is 19.4 Å². The van der Waals surface area contributed by atoms with Crippen LogP contribution >= 0.6 is 12.4 Å². The largest absolute Gasteiger partial charge is 0.480 e. The van der Waals surface area contributed by atoms with Crippen LogP contribution in [0, 0.1) is 0 Å². The zero-order valence-electron chi connectivity index (χ0n) is 7.85. The number of aliphatic carboxylic acids is 1. The molecule has 14 heavy (non-hydrogen) atoms. The van der Waals surface area contributed by atoms with Crippen LogP contribution in [-0.2, 0) is 4.79 Å². The molecule has 0 fully saturated rings. The van der Waals surface area contributed by atoms with E-state index in [-0.39, 0.29) is 24.5 Å². The first-order valence-electron chi connectivity index (χ1n) is 3.58. The zero-order valence-corrected chi connectivity index (χ0v) is 8.67. The standard InChI is InChI=1S/C6H14N4O2.ClH.H3N/c7-4(5(11)12)2-1-3-10-6(8)9;;/h4H,1-3,7H2,(H,11,12)(H4,8,9,10);1H;1H3/t4-;;/m0../s1. The summed E-state index contributed by atoms with van der Waals surface area (Å²) < 4.78 is 0. The van der Waals surface area contributed by atoms with Crippen molar-refractivity contribution in [2.24, 2.45) is 22.2 Å². The molecular formula is C6H18ClN5O2. The lowest BCUT2D eigenvalue weighted by Gasteiger charge is -2.03. The molecule has 8 heteroatoms. The molecular weight excluding hydrogens is 210 g/mol. The number of hydrogen-bond acceptors (Lipinski definition) is 4. The fourth-order valence-electron chi connectivity index (χ4n) is 0.643. The van der Waals surface area contributed by atoms with Gasteiger partial charge in [0.15, 0.2) is 5.96 Å². The number of hydrogen-bond donors (Lipinski definition) is 5. The van der Waals surface area contributed by atoms with Gasteiger partial charge in [-0.15, -0.1) is 12.4 Å². The average molecular weight is 228 g/mol. The van der Waals surface area contributed by atoms with Crippen molar-refractivity contribution in [3.8, 4) is 0 Å². The third-order valence-electron chi connectivity index (χ3n) is 1.28. The van der Waals surface area contributed by atoms with E-state index in [1.54, 1.807) is 0 Å². The number of carboxylic acid groups (broad SMARTS) is 1. The summed E-state index contributed by atoms with van der Waals surface area (Å²) in [5.41, 5.74) is 15.3. The van der Waals surface area contributed by atoms with Crippen LogP contribution in [0.2, 0.25) is 0 Å². The van der Waals surface area contributed by atoms with Gasteiger partial charge in [0.25, 0.3) is 0 Å². The molecule has 0 aromatic rings. The maximum Gasteiger partial charge on any atom is 0.320 e. The van der Waals surface area contributed by atoms with Gasteiger partial charge in [-0.05, 0) is 12.8 Å². The Bertz CT molecular complexity index is 183. The molecule has 10 N–H and O–H groups in total. The molecule has 0 radical (unpaired) electrons. The maximum absolute atomic E-state index is 10.2. The predicted molar refractivity (Wildman–Crippen MR) is 57.8 cm³/mol. The van der Waals surface area contributed by atoms with Gasteiger partial charge in [0.1, 0.15) is 6.04 Å². The van der Waals surface area contributed by atoms with E-state index in [1.165, 1.54) is 0 Å². The first-order valence-corrected chi connectivity index (χ1v) is 3.58. The smallest absolute Gasteiger partial charge is 0.320 e. The van der Waals surface area contributed by atoms with E-state index in [0.717, 1.165) is 0 Å². The Kier molecular flexibility index (Phi) is 13.4. The van der Waals surface area contributed by atoms with Crippen LogP contribution in [0.5, 0.6) is 0 Å². The summed E-state index contributed by atoms with van der Waals surface area (Å²) in [5, 5.41) is 8.38. The fraction of sp³-hybridized carbons (Fsp3) is 0.667. The summed E-state index contributed by atoms with van der Waals surface area (Å²) in [7, 11) is 0. The van der Waals surface area contributed by atoms with Gasteiger partial charge in [0.05, 0.1) is 0 Å². The van der Waals surface area contributed by atoms with Gasteiger partial charge in [-0.3, -0.25) is 9.79 Å². The molecule has 0 aliphatic heterocycles. The molecule has 7 nitrogen and oxygen atoms in total. The number of nitrogens with two attached hydrogens (primary N) is 3. The number of carboxylic acids is 1. The SMILES string of the molecule is Cl.N.NC(N)=NCCC[C@H](N)C(=O)O. The lowest BCUT2D eigenvalue weighted by Crippen LogP contribution is -2.30. The van der Waals surface area contributed by atoms with Gasteiger partial charge in [0, 0.05) is 6.54 Å². The van der Waals surface area contributed by atoms with Crippen LogP contribution in [-0.4, -0.2) is 29.6 Å². The van der Waals surface area contributed by atoms with Crippen molar-refractivity contribution in [2.75, 3.05) is 6.54 Å². The molecule has 0 bridgehead atoms. The fourth-order valence-corrected chi connectivity index (χ4v) is 0.643. The molecule has 0 aromatic heterocycles. The van der Waals surface area contributed by atoms with Crippen molar-refractivity contribution < 1.29 is 9.90 Å². The molecule has 0 rings (SSSR count). The van der Waals surface area contributed by atoms with E-state index in [9.17, 15) is 4.79 Å². The van der Waals surface area contributed by atoms with Gasteiger partial charge >= 0.3 is 5.97 Å². The molecule has 0 unspecified atom stereocenters. The summed E-state index contributed by atoms with van der Waals surface area (Å²) in [6.07, 6.45) is 0.956. The van der Waals surface area contributed by atoms with Crippen molar-refractivity contribution in [1.29, 1.82) is 0 Å². The Balaban J connectivity index is -0.000000605. The van der Waals surface area contributed by atoms with E-state index in [1.807, 2.05) is 0 Å². The topological polar surface area (TPSA) is 163 Å². The van der Waals surface area contributed by atoms with Crippen LogP contribution in [0.25, 0.3) is 0 Å². The molecule has 86 valence electrons. The van der Waals surface area contributed by atoms with Gasteiger partial charge in [-0.2, -0.15) is 0 Å². The minimum absolute atomic E-state index is 0. The summed E-state index contributed by atoms with van der Waals surface area (Å²) in [4.78, 5) is 13.9. The summed E-state index contributed by atoms with van der Waals surface area (Å²) in [6, 6.07) is -0.820. The monoisotopic (exact) mass is 227 g/mol. The van der Waals surface area contributed by atoms with Crippen molar-refractivity contribution >= 4 is 24.3 Å². The van der Waals surface area contributed by atoms with Crippen molar-refractivity contribution in [2.45, 2.75) is 18.9 Å². The summed E-state index contributed by atoms with van der Waals surface area (Å²) >= 11 is 0. The zero-order chi connectivity index (χ0) is 9.56. The second-order valence-electron chi connectivity index (χ2n) is 2.39. The maximum atomic E-state index is 10.2. The summed E-state index contributed by atoms with van der Waals surface area (Å²) in [6.45, 7) is 0.420. The normalized spacial score (nSPS) is 10.4. The van der Waals surface area contributed by atoms with Gasteiger partial charge in [-0.1, -0.05) is 0 Å². The van der Waals surface area contributed by atoms with Crippen LogP contribution in [0.4, 0.5) is 0 Å². The van der Waals surface area contributed by atoms with Crippen LogP contribution in [0.15, 0.2) is 4.99 Å². The Labute approximate surface area is 88.7 Å². The van der Waals surface area contributed by atoms with Crippen LogP contribution in [0.1, 0.15) is 12.8 Å². The van der Waals surface area contributed by atoms with Gasteiger partial charge in [0.2, 0.25) is 0 Å². The van der Waals surface area contributed by atoms with E-state index < -0.39 is 12.0 Å². The lowest BCUT2D eigenvalue weighted by molar-refractivity contribution is -0.138. The predicted octanol–water partition coefficient (Wildman–Crippen LogP) is -0.964. The van der Waals surface area contributed by atoms with Crippen molar-refractivity contribution in [3.05, 3.63) is 0 Å². The molecule has 0 aliphatic rings. The number of halogens is 1. The Morgan fingerprint density at radius 1 is 1.43 bits per heavy atom. The highest BCUT2D eigenvalue weighted by molar-refractivity contribution is 5.85. The van der Waals surface area contributed by atoms with E-state index >= 15 is 0 Å². The minimum Gasteiger partial charge on any atom is -0.480 e. The first-order chi connectivity index (χ1) is 5.54. The van der Waals surface area contributed by atoms with Crippen molar-refractivity contribution in [1.82, 2.24) is 6.15 Å². The van der Waals surface area contributed by atoms with Crippen LogP contribution in [0.3, 0.4) is 0 Å². The molecule has 0 aliphatic carbocycles. The Hall–Kier alpha value is -1.05. The molecule has 0 heterocycles. The molecule has 0 spiro atoms. The highest BCUT2D eigenvalue weighted by atomic mass is 35.5. The number of carbonyl (C=O) groups is 1. The lowest BCUT2D eigenvalue weighted by atomic mass is 10.2. The highest BCUT2D eigenvalue weighted by Gasteiger charge is 2.09. The number of aliphatic imine (C=N–C) groups is 1. The second kappa shape index (κ2) is 10.0. The van der Waals surface area contributed by atoms with Gasteiger partial charge < -0.3 is 28.5 Å². The molecule has 0 aromatic carbocycles. The number of guanidine groups is 1. The number of nitrogens with zero attached hydrogens (tertiary/aromatic N) is 1. The molecule has 1 atom stereocenters. The quantitative estimate of drug-likeness (QED) is 0.231. The average Bonchev–Trinajstić information content (AvgIpc) is 1.97. The highest BCUT2D eigenvalue weighted by Crippen LogP contribution is 1.94. The molecule has 0 saturated heterocycles. The third kappa shape index (κ3) is 11.0. The number of rotatable bonds is 5. The van der Waals surface area contributed by atoms with Gasteiger partial charge in [-0.25, -0.2) is 0 Å². The molecule has 0 saturated carbocycles. The minimum atomic E-state index is -1.00. The van der Waals surface area contributed by atoms with E-state index in [2.05, 4.69) is 4.99 Å².